The van der Waals surface area contributed by atoms with Crippen LogP contribution in [-0.4, -0.2) is 11.8 Å². The Kier molecular flexibility index (Phi) is 5.29. The number of aryl methyl sites for hydroxylation is 1. The van der Waals surface area contributed by atoms with E-state index in [1.165, 1.54) is 15.3 Å². The lowest BCUT2D eigenvalue weighted by molar-refractivity contribution is 0.690. The van der Waals surface area contributed by atoms with E-state index < -0.39 is 0 Å². The zero-order valence-corrected chi connectivity index (χ0v) is 12.5. The number of nitrogens with one attached hydrogen (secondary N) is 1. The minimum absolute atomic E-state index is 0.590. The Morgan fingerprint density at radius 2 is 2.17 bits per heavy atom. The molecule has 96 valence electrons. The maximum Gasteiger partial charge on any atom is 0.0300 e. The molecule has 0 aliphatic heterocycles. The fraction of sp³-hybridized carbons (Fsp3) is 0.333. The summed E-state index contributed by atoms with van der Waals surface area (Å²) < 4.78 is 0. The molecule has 1 atom stereocenters. The number of hydrogen-bond donors (Lipinski definition) is 1. The van der Waals surface area contributed by atoms with Gasteiger partial charge >= 0.3 is 0 Å². The van der Waals surface area contributed by atoms with Crippen molar-refractivity contribution >= 4 is 23.1 Å². The van der Waals surface area contributed by atoms with Gasteiger partial charge in [-0.2, -0.15) is 0 Å². The lowest BCUT2D eigenvalue weighted by Gasteiger charge is -2.12. The second-order valence-corrected chi connectivity index (χ2v) is 7.00. The molecule has 0 radical (unpaired) electrons. The van der Waals surface area contributed by atoms with Crippen molar-refractivity contribution in [1.29, 1.82) is 0 Å². The fourth-order valence-corrected chi connectivity index (χ4v) is 3.53. The third-order valence-electron chi connectivity index (χ3n) is 2.64. The van der Waals surface area contributed by atoms with E-state index >= 15 is 0 Å². The van der Waals surface area contributed by atoms with Crippen LogP contribution in [0.5, 0.6) is 0 Å². The normalized spacial score (nSPS) is 12.6. The Morgan fingerprint density at radius 1 is 1.28 bits per heavy atom. The van der Waals surface area contributed by atoms with Gasteiger partial charge in [-0.3, -0.25) is 0 Å². The Labute approximate surface area is 118 Å². The van der Waals surface area contributed by atoms with Gasteiger partial charge in [-0.05, 0) is 30.5 Å². The van der Waals surface area contributed by atoms with Gasteiger partial charge in [-0.1, -0.05) is 30.7 Å². The van der Waals surface area contributed by atoms with Gasteiger partial charge in [0.05, 0.1) is 0 Å². The molecule has 18 heavy (non-hydrogen) atoms. The molecule has 0 saturated carbocycles. The summed E-state index contributed by atoms with van der Waals surface area (Å²) in [4.78, 5) is 2.77. The van der Waals surface area contributed by atoms with Crippen molar-refractivity contribution in [3.05, 3.63) is 52.2 Å². The highest BCUT2D eigenvalue weighted by molar-refractivity contribution is 8.00. The van der Waals surface area contributed by atoms with Crippen molar-refractivity contribution < 1.29 is 0 Å². The van der Waals surface area contributed by atoms with E-state index in [1.54, 1.807) is 0 Å². The van der Waals surface area contributed by atoms with Crippen LogP contribution in [0.2, 0.25) is 0 Å². The summed E-state index contributed by atoms with van der Waals surface area (Å²) in [7, 11) is 0. The third kappa shape index (κ3) is 4.48. The predicted octanol–water partition coefficient (Wildman–Crippen LogP) is 4.33. The third-order valence-corrected chi connectivity index (χ3v) is 4.61. The molecule has 0 aliphatic rings. The molecule has 3 heteroatoms. The van der Waals surface area contributed by atoms with Gasteiger partial charge < -0.3 is 5.32 Å². The van der Waals surface area contributed by atoms with E-state index in [-0.39, 0.29) is 0 Å². The first kappa shape index (κ1) is 13.7. The van der Waals surface area contributed by atoms with E-state index in [4.69, 9.17) is 0 Å². The molecule has 0 spiro atoms. The number of thioether (sulfide) groups is 1. The van der Waals surface area contributed by atoms with Crippen LogP contribution < -0.4 is 5.32 Å². The molecule has 1 aromatic heterocycles. The lowest BCUT2D eigenvalue weighted by Crippen LogP contribution is -2.21. The average molecular weight is 277 g/mol. The van der Waals surface area contributed by atoms with Crippen molar-refractivity contribution in [3.8, 4) is 0 Å². The highest BCUT2D eigenvalue weighted by Gasteiger charge is 2.04. The van der Waals surface area contributed by atoms with E-state index in [2.05, 4.69) is 60.9 Å². The Morgan fingerprint density at radius 3 is 2.89 bits per heavy atom. The number of hydrogen-bond acceptors (Lipinski definition) is 3. The topological polar surface area (TPSA) is 12.0 Å². The van der Waals surface area contributed by atoms with E-state index in [9.17, 15) is 0 Å². The zero-order chi connectivity index (χ0) is 12.8. The second-order valence-electron chi connectivity index (χ2n) is 4.46. The first-order valence-electron chi connectivity index (χ1n) is 6.20. The summed E-state index contributed by atoms with van der Waals surface area (Å²) in [6.07, 6.45) is 0. The van der Waals surface area contributed by atoms with Crippen LogP contribution in [0, 0.1) is 6.92 Å². The van der Waals surface area contributed by atoms with Gasteiger partial charge in [0, 0.05) is 28.1 Å². The molecule has 1 aromatic carbocycles. The smallest absolute Gasteiger partial charge is 0.0300 e. The van der Waals surface area contributed by atoms with Crippen molar-refractivity contribution in [1.82, 2.24) is 5.32 Å². The highest BCUT2D eigenvalue weighted by atomic mass is 32.2. The van der Waals surface area contributed by atoms with Crippen molar-refractivity contribution in [3.63, 3.8) is 0 Å². The number of thiophene rings is 1. The van der Waals surface area contributed by atoms with Gasteiger partial charge in [0.25, 0.3) is 0 Å². The molecule has 1 unspecified atom stereocenters. The largest absolute Gasteiger partial charge is 0.311 e. The maximum absolute atomic E-state index is 3.51. The van der Waals surface area contributed by atoms with E-state index in [0.717, 1.165) is 13.1 Å². The molecule has 0 bridgehead atoms. The maximum atomic E-state index is 3.51. The molecule has 0 amide bonds. The molecule has 0 fully saturated rings. The molecule has 1 heterocycles. The summed E-state index contributed by atoms with van der Waals surface area (Å²) in [5.74, 6) is 0. The summed E-state index contributed by atoms with van der Waals surface area (Å²) in [5.41, 5.74) is 1.33. The summed E-state index contributed by atoms with van der Waals surface area (Å²) in [5, 5.41) is 6.23. The van der Waals surface area contributed by atoms with Crippen LogP contribution in [0.15, 0.2) is 46.7 Å². The van der Waals surface area contributed by atoms with Crippen LogP contribution in [0.3, 0.4) is 0 Å². The summed E-state index contributed by atoms with van der Waals surface area (Å²) in [6.45, 7) is 6.44. The van der Waals surface area contributed by atoms with Crippen LogP contribution in [0.25, 0.3) is 0 Å². The summed E-state index contributed by atoms with van der Waals surface area (Å²) in [6, 6.07) is 13.0. The minimum atomic E-state index is 0.590. The Hall–Kier alpha value is -0.770. The van der Waals surface area contributed by atoms with Gasteiger partial charge in [0.15, 0.2) is 0 Å². The molecular weight excluding hydrogens is 258 g/mol. The van der Waals surface area contributed by atoms with Gasteiger partial charge in [-0.15, -0.1) is 23.1 Å². The van der Waals surface area contributed by atoms with Crippen LogP contribution in [-0.2, 0) is 6.54 Å². The lowest BCUT2D eigenvalue weighted by atomic mass is 10.2. The molecule has 0 aliphatic carbocycles. The van der Waals surface area contributed by atoms with E-state index in [0.29, 0.717) is 5.25 Å². The number of rotatable bonds is 6. The standard InChI is InChI=1S/C15H19NS2/c1-12-5-3-6-14(9-12)18-13(2)10-16-11-15-7-4-8-17-15/h3-9,13,16H,10-11H2,1-2H3. The Balaban J connectivity index is 1.73. The van der Waals surface area contributed by atoms with Gasteiger partial charge in [0.1, 0.15) is 0 Å². The van der Waals surface area contributed by atoms with Crippen LogP contribution >= 0.6 is 23.1 Å². The zero-order valence-electron chi connectivity index (χ0n) is 10.8. The first-order valence-corrected chi connectivity index (χ1v) is 7.96. The predicted molar refractivity (Wildman–Crippen MR) is 82.5 cm³/mol. The molecule has 1 N–H and O–H groups in total. The quantitative estimate of drug-likeness (QED) is 0.789. The Bertz CT molecular complexity index is 465. The van der Waals surface area contributed by atoms with Gasteiger partial charge in [-0.25, -0.2) is 0 Å². The molecule has 0 saturated heterocycles. The van der Waals surface area contributed by atoms with Crippen molar-refractivity contribution in [2.24, 2.45) is 0 Å². The van der Waals surface area contributed by atoms with Crippen LogP contribution in [0.1, 0.15) is 17.4 Å². The fourth-order valence-electron chi connectivity index (χ4n) is 1.77. The summed E-state index contributed by atoms with van der Waals surface area (Å²) >= 11 is 3.75. The SMILES string of the molecule is Cc1cccc(SC(C)CNCc2cccs2)c1. The van der Waals surface area contributed by atoms with Crippen LogP contribution in [0.4, 0.5) is 0 Å². The number of benzene rings is 1. The molecule has 1 nitrogen and oxygen atoms in total. The highest BCUT2D eigenvalue weighted by Crippen LogP contribution is 2.23. The van der Waals surface area contributed by atoms with Crippen molar-refractivity contribution in [2.75, 3.05) is 6.54 Å². The molecular formula is C15H19NS2. The minimum Gasteiger partial charge on any atom is -0.311 e. The molecule has 2 rings (SSSR count). The molecule has 2 aromatic rings. The second kappa shape index (κ2) is 6.98. The van der Waals surface area contributed by atoms with Gasteiger partial charge in [0.2, 0.25) is 0 Å². The monoisotopic (exact) mass is 277 g/mol. The van der Waals surface area contributed by atoms with Crippen molar-refractivity contribution in [2.45, 2.75) is 30.5 Å². The van der Waals surface area contributed by atoms with E-state index in [1.807, 2.05) is 23.1 Å². The average Bonchev–Trinajstić information content (AvgIpc) is 2.82. The first-order chi connectivity index (χ1) is 8.74.